The van der Waals surface area contributed by atoms with Gasteiger partial charge in [-0.3, -0.25) is 14.2 Å². The Kier molecular flexibility index (Phi) is 5.87. The van der Waals surface area contributed by atoms with E-state index in [-0.39, 0.29) is 23.3 Å². The van der Waals surface area contributed by atoms with E-state index in [4.69, 9.17) is 11.6 Å². The van der Waals surface area contributed by atoms with Crippen molar-refractivity contribution in [3.05, 3.63) is 63.4 Å². The van der Waals surface area contributed by atoms with Gasteiger partial charge in [-0.2, -0.15) is 0 Å². The van der Waals surface area contributed by atoms with Gasteiger partial charge in [0.1, 0.15) is 0 Å². The first kappa shape index (κ1) is 19.5. The number of carbonyl (C=O) groups excluding carboxylic acids is 1. The first-order chi connectivity index (χ1) is 12.9. The van der Waals surface area contributed by atoms with Crippen LogP contribution < -0.4 is 10.9 Å². The fourth-order valence-corrected chi connectivity index (χ4v) is 3.83. The molecule has 2 aromatic carbocycles. The van der Waals surface area contributed by atoms with Gasteiger partial charge in [0.25, 0.3) is 5.56 Å². The molecule has 1 aromatic heterocycles. The zero-order chi connectivity index (χ0) is 19.6. The van der Waals surface area contributed by atoms with E-state index in [0.717, 1.165) is 5.56 Å². The van der Waals surface area contributed by atoms with Crippen molar-refractivity contribution < 1.29 is 4.79 Å². The van der Waals surface area contributed by atoms with Gasteiger partial charge >= 0.3 is 0 Å². The van der Waals surface area contributed by atoms with Gasteiger partial charge < -0.3 is 5.32 Å². The van der Waals surface area contributed by atoms with Crippen LogP contribution in [-0.4, -0.2) is 21.2 Å². The Balaban J connectivity index is 1.84. The lowest BCUT2D eigenvalue weighted by Crippen LogP contribution is -2.25. The fourth-order valence-electron chi connectivity index (χ4n) is 2.73. The van der Waals surface area contributed by atoms with Crippen LogP contribution in [0.1, 0.15) is 25.5 Å². The summed E-state index contributed by atoms with van der Waals surface area (Å²) in [5.41, 5.74) is 2.15. The molecule has 140 valence electrons. The number of aromatic nitrogens is 2. The predicted octanol–water partition coefficient (Wildman–Crippen LogP) is 4.67. The van der Waals surface area contributed by atoms with E-state index in [1.165, 1.54) is 11.8 Å². The predicted molar refractivity (Wildman–Crippen MR) is 112 cm³/mol. The average Bonchev–Trinajstić information content (AvgIpc) is 2.63. The Morgan fingerprint density at radius 2 is 2.00 bits per heavy atom. The van der Waals surface area contributed by atoms with Crippen molar-refractivity contribution >= 4 is 45.9 Å². The zero-order valence-corrected chi connectivity index (χ0v) is 16.9. The molecule has 1 N–H and O–H groups in total. The number of thioether (sulfide) groups is 1. The van der Waals surface area contributed by atoms with Crippen LogP contribution >= 0.6 is 23.4 Å². The summed E-state index contributed by atoms with van der Waals surface area (Å²) < 4.78 is 1.63. The molecule has 0 atom stereocenters. The van der Waals surface area contributed by atoms with Crippen LogP contribution in [0.25, 0.3) is 10.9 Å². The largest absolute Gasteiger partial charge is 0.325 e. The summed E-state index contributed by atoms with van der Waals surface area (Å²) in [5, 5.41) is 4.54. The minimum atomic E-state index is -0.178. The third kappa shape index (κ3) is 4.34. The lowest BCUT2D eigenvalue weighted by molar-refractivity contribution is -0.113. The monoisotopic (exact) mass is 401 g/mol. The van der Waals surface area contributed by atoms with Gasteiger partial charge in [0.05, 0.1) is 16.7 Å². The molecule has 0 aliphatic heterocycles. The van der Waals surface area contributed by atoms with E-state index < -0.39 is 0 Å². The number of hydrogen-bond donors (Lipinski definition) is 1. The van der Waals surface area contributed by atoms with Crippen LogP contribution in [0.15, 0.2) is 52.4 Å². The standard InChI is InChI=1S/C20H20ClN3O2S/c1-12(2)24-19(26)15-6-4-5-7-16(15)23-20(24)27-11-18(25)22-17-10-14(21)9-8-13(17)3/h4-10,12H,11H2,1-3H3,(H,22,25). The quantitative estimate of drug-likeness (QED) is 0.498. The zero-order valence-electron chi connectivity index (χ0n) is 15.3. The number of benzene rings is 2. The molecular formula is C20H20ClN3O2S. The molecule has 1 amide bonds. The summed E-state index contributed by atoms with van der Waals surface area (Å²) in [6.45, 7) is 5.76. The van der Waals surface area contributed by atoms with Crippen molar-refractivity contribution in [2.24, 2.45) is 0 Å². The maximum Gasteiger partial charge on any atom is 0.262 e. The number of anilines is 1. The van der Waals surface area contributed by atoms with E-state index in [9.17, 15) is 9.59 Å². The Morgan fingerprint density at radius 1 is 1.26 bits per heavy atom. The molecule has 7 heteroatoms. The van der Waals surface area contributed by atoms with Crippen molar-refractivity contribution in [2.45, 2.75) is 32.0 Å². The summed E-state index contributed by atoms with van der Waals surface area (Å²) in [6, 6.07) is 12.5. The highest BCUT2D eigenvalue weighted by Crippen LogP contribution is 2.23. The van der Waals surface area contributed by atoms with Crippen LogP contribution in [0.5, 0.6) is 0 Å². The van der Waals surface area contributed by atoms with Crippen molar-refractivity contribution in [1.82, 2.24) is 9.55 Å². The summed E-state index contributed by atoms with van der Waals surface area (Å²) in [7, 11) is 0. The molecular weight excluding hydrogens is 382 g/mol. The van der Waals surface area contributed by atoms with Crippen LogP contribution in [0, 0.1) is 6.92 Å². The molecule has 0 spiro atoms. The number of nitrogens with one attached hydrogen (secondary N) is 1. The second-order valence-corrected chi connectivity index (χ2v) is 7.86. The molecule has 0 saturated heterocycles. The molecule has 0 unspecified atom stereocenters. The second kappa shape index (κ2) is 8.15. The van der Waals surface area contributed by atoms with Crippen LogP contribution in [0.3, 0.4) is 0 Å². The summed E-state index contributed by atoms with van der Waals surface area (Å²) in [4.78, 5) is 29.8. The Hall–Kier alpha value is -2.31. The number of carbonyl (C=O) groups is 1. The van der Waals surface area contributed by atoms with Gasteiger partial charge in [-0.15, -0.1) is 0 Å². The number of hydrogen-bond acceptors (Lipinski definition) is 4. The van der Waals surface area contributed by atoms with Crippen molar-refractivity contribution in [1.29, 1.82) is 0 Å². The van der Waals surface area contributed by atoms with Crippen molar-refractivity contribution in [3.8, 4) is 0 Å². The molecule has 0 saturated carbocycles. The number of nitrogens with zero attached hydrogens (tertiary/aromatic N) is 2. The Morgan fingerprint density at radius 3 is 2.74 bits per heavy atom. The van der Waals surface area contributed by atoms with Gasteiger partial charge in [0.15, 0.2) is 5.16 Å². The second-order valence-electron chi connectivity index (χ2n) is 6.48. The average molecular weight is 402 g/mol. The number of halogens is 1. The lowest BCUT2D eigenvalue weighted by Gasteiger charge is -2.16. The summed E-state index contributed by atoms with van der Waals surface area (Å²) in [5.74, 6) is -0.0354. The number of fused-ring (bicyclic) bond motifs is 1. The molecule has 3 rings (SSSR count). The molecule has 1 heterocycles. The van der Waals surface area contributed by atoms with Crippen LogP contribution in [0.2, 0.25) is 5.02 Å². The number of para-hydroxylation sites is 1. The first-order valence-electron chi connectivity index (χ1n) is 8.57. The van der Waals surface area contributed by atoms with Crippen molar-refractivity contribution in [2.75, 3.05) is 11.1 Å². The van der Waals surface area contributed by atoms with Crippen LogP contribution in [-0.2, 0) is 4.79 Å². The van der Waals surface area contributed by atoms with Crippen molar-refractivity contribution in [3.63, 3.8) is 0 Å². The minimum absolute atomic E-state index is 0.0599. The normalized spacial score (nSPS) is 11.1. The summed E-state index contributed by atoms with van der Waals surface area (Å²) >= 11 is 7.25. The van der Waals surface area contributed by atoms with E-state index in [2.05, 4.69) is 10.3 Å². The van der Waals surface area contributed by atoms with Gasteiger partial charge in [0, 0.05) is 16.8 Å². The highest BCUT2D eigenvalue weighted by Gasteiger charge is 2.15. The van der Waals surface area contributed by atoms with Gasteiger partial charge in [-0.1, -0.05) is 41.6 Å². The smallest absolute Gasteiger partial charge is 0.262 e. The lowest BCUT2D eigenvalue weighted by atomic mass is 10.2. The minimum Gasteiger partial charge on any atom is -0.325 e. The molecule has 3 aromatic rings. The number of rotatable bonds is 5. The first-order valence-corrected chi connectivity index (χ1v) is 9.93. The molecule has 0 radical (unpaired) electrons. The molecule has 0 bridgehead atoms. The van der Waals surface area contributed by atoms with Gasteiger partial charge in [-0.05, 0) is 50.6 Å². The Labute approximate surface area is 166 Å². The molecule has 5 nitrogen and oxygen atoms in total. The Bertz CT molecular complexity index is 1060. The highest BCUT2D eigenvalue weighted by molar-refractivity contribution is 7.99. The number of aryl methyl sites for hydroxylation is 1. The molecule has 27 heavy (non-hydrogen) atoms. The molecule has 0 fully saturated rings. The topological polar surface area (TPSA) is 64.0 Å². The van der Waals surface area contributed by atoms with E-state index >= 15 is 0 Å². The molecule has 0 aliphatic carbocycles. The van der Waals surface area contributed by atoms with Crippen LogP contribution in [0.4, 0.5) is 5.69 Å². The van der Waals surface area contributed by atoms with E-state index in [0.29, 0.717) is 26.8 Å². The maximum absolute atomic E-state index is 12.8. The fraction of sp³-hybridized carbons (Fsp3) is 0.250. The SMILES string of the molecule is Cc1ccc(Cl)cc1NC(=O)CSc1nc2ccccc2c(=O)n1C(C)C. The van der Waals surface area contributed by atoms with E-state index in [1.54, 1.807) is 28.8 Å². The van der Waals surface area contributed by atoms with Gasteiger partial charge in [-0.25, -0.2) is 4.98 Å². The molecule has 0 aliphatic rings. The third-order valence-electron chi connectivity index (χ3n) is 4.10. The van der Waals surface area contributed by atoms with E-state index in [1.807, 2.05) is 39.0 Å². The van der Waals surface area contributed by atoms with Gasteiger partial charge in [0.2, 0.25) is 5.91 Å². The summed E-state index contributed by atoms with van der Waals surface area (Å²) in [6.07, 6.45) is 0. The third-order valence-corrected chi connectivity index (χ3v) is 5.29. The maximum atomic E-state index is 12.8. The number of amides is 1. The highest BCUT2D eigenvalue weighted by atomic mass is 35.5.